The number of rotatable bonds is 4. The first kappa shape index (κ1) is 20.5. The van der Waals surface area contributed by atoms with Crippen molar-refractivity contribution in [3.05, 3.63) is 58.9 Å². The van der Waals surface area contributed by atoms with Gasteiger partial charge in [0.25, 0.3) is 12.3 Å². The smallest absolute Gasteiger partial charge is 0.303 e. The van der Waals surface area contributed by atoms with Crippen LogP contribution in [0.3, 0.4) is 0 Å². The number of halogens is 4. The molecule has 1 saturated carbocycles. The molecule has 4 N–H and O–H groups in total. The quantitative estimate of drug-likeness (QED) is 0.634. The molecule has 3 atom stereocenters. The van der Waals surface area contributed by atoms with E-state index in [2.05, 4.69) is 20.8 Å². The third kappa shape index (κ3) is 3.53. The van der Waals surface area contributed by atoms with Gasteiger partial charge >= 0.3 is 6.02 Å². The molecule has 4 rings (SSSR count). The number of carbonyl (C=O) groups is 1. The van der Waals surface area contributed by atoms with E-state index in [1.807, 2.05) is 0 Å². The van der Waals surface area contributed by atoms with E-state index < -0.39 is 58.7 Å². The molecule has 0 saturated heterocycles. The lowest BCUT2D eigenvalue weighted by Crippen LogP contribution is -2.38. The standard InChI is InChI=1S/C19H14F4N6O2/c20-12-2-1-9(27-16(30)15-13(21)3-8(6-24)7-26-15)4-10(12)19(17(22)23)11-5-14(11)29-31-18(25)28-19/h1-4,7,11,14,17,29H,5H2,(H2,25,28)(H,27,30)/t11-,14+,19+/m0/s1. The van der Waals surface area contributed by atoms with Gasteiger partial charge in [-0.2, -0.15) is 5.26 Å². The second-order valence-electron chi connectivity index (χ2n) is 7.06. The third-order valence-electron chi connectivity index (χ3n) is 5.14. The van der Waals surface area contributed by atoms with Crippen molar-refractivity contribution in [2.45, 2.75) is 24.4 Å². The van der Waals surface area contributed by atoms with Crippen LogP contribution >= 0.6 is 0 Å². The summed E-state index contributed by atoms with van der Waals surface area (Å²) in [6.07, 6.45) is -1.89. The maximum atomic E-state index is 14.7. The highest BCUT2D eigenvalue weighted by Gasteiger charge is 2.62. The zero-order chi connectivity index (χ0) is 22.3. The molecule has 1 fully saturated rings. The molecule has 0 radical (unpaired) electrons. The third-order valence-corrected chi connectivity index (χ3v) is 5.14. The average molecular weight is 434 g/mol. The van der Waals surface area contributed by atoms with Crippen LogP contribution in [-0.4, -0.2) is 29.4 Å². The Morgan fingerprint density at radius 2 is 2.13 bits per heavy atom. The molecule has 160 valence electrons. The molecule has 1 aliphatic heterocycles. The summed E-state index contributed by atoms with van der Waals surface area (Å²) in [5.41, 5.74) is 4.40. The molecule has 1 aromatic carbocycles. The Bertz CT molecular complexity index is 1130. The number of pyridine rings is 1. The summed E-state index contributed by atoms with van der Waals surface area (Å²) < 4.78 is 57.3. The molecular weight excluding hydrogens is 420 g/mol. The number of carbonyl (C=O) groups excluding carboxylic acids is 1. The first-order chi connectivity index (χ1) is 14.8. The number of nitrogens with one attached hydrogen (secondary N) is 2. The number of hydroxylamine groups is 1. The van der Waals surface area contributed by atoms with Gasteiger partial charge in [-0.25, -0.2) is 27.5 Å². The van der Waals surface area contributed by atoms with E-state index >= 15 is 0 Å². The number of fused-ring (bicyclic) bond motifs is 1. The predicted molar refractivity (Wildman–Crippen MR) is 98.7 cm³/mol. The molecule has 2 heterocycles. The van der Waals surface area contributed by atoms with Crippen LogP contribution in [0.5, 0.6) is 0 Å². The number of benzene rings is 1. The fourth-order valence-electron chi connectivity index (χ4n) is 3.59. The molecule has 12 heteroatoms. The average Bonchev–Trinajstić information content (AvgIpc) is 3.52. The molecule has 0 unspecified atom stereocenters. The van der Waals surface area contributed by atoms with Crippen molar-refractivity contribution in [2.75, 3.05) is 5.32 Å². The van der Waals surface area contributed by atoms with Gasteiger partial charge in [-0.15, -0.1) is 5.48 Å². The molecule has 1 aromatic heterocycles. The van der Waals surface area contributed by atoms with Crippen molar-refractivity contribution >= 4 is 17.6 Å². The maximum absolute atomic E-state index is 14.7. The summed E-state index contributed by atoms with van der Waals surface area (Å²) in [5.74, 6) is -3.84. The minimum Gasteiger partial charge on any atom is -0.371 e. The van der Waals surface area contributed by atoms with Crippen LogP contribution in [0.4, 0.5) is 23.2 Å². The molecule has 0 bridgehead atoms. The minimum absolute atomic E-state index is 0.0870. The molecule has 1 aliphatic carbocycles. The summed E-state index contributed by atoms with van der Waals surface area (Å²) in [6.45, 7) is 0. The number of aliphatic imine (C=N–C) groups is 1. The monoisotopic (exact) mass is 434 g/mol. The van der Waals surface area contributed by atoms with Gasteiger partial charge in [0.2, 0.25) is 0 Å². The SMILES string of the molecule is N#Cc1cnc(C(=O)Nc2ccc(F)c([C@@]3(C(F)F)N=C(N)ON[C@@H]4C[C@@H]43)c2)c(F)c1. The van der Waals surface area contributed by atoms with E-state index in [1.54, 1.807) is 6.07 Å². The fourth-order valence-corrected chi connectivity index (χ4v) is 3.59. The number of nitrogens with zero attached hydrogens (tertiary/aromatic N) is 3. The van der Waals surface area contributed by atoms with Crippen LogP contribution in [0.2, 0.25) is 0 Å². The molecule has 2 aromatic rings. The van der Waals surface area contributed by atoms with Crippen molar-refractivity contribution in [2.24, 2.45) is 16.6 Å². The van der Waals surface area contributed by atoms with Crippen molar-refractivity contribution < 1.29 is 27.2 Å². The zero-order valence-corrected chi connectivity index (χ0v) is 15.6. The summed E-state index contributed by atoms with van der Waals surface area (Å²) in [4.78, 5) is 24.6. The first-order valence-electron chi connectivity index (χ1n) is 8.99. The van der Waals surface area contributed by atoms with Gasteiger partial charge in [-0.1, -0.05) is 0 Å². The first-order valence-corrected chi connectivity index (χ1v) is 8.99. The van der Waals surface area contributed by atoms with Crippen molar-refractivity contribution in [3.8, 4) is 6.07 Å². The molecule has 2 aliphatic rings. The van der Waals surface area contributed by atoms with E-state index in [1.165, 1.54) is 0 Å². The lowest BCUT2D eigenvalue weighted by molar-refractivity contribution is 0.0367. The van der Waals surface area contributed by atoms with Crippen molar-refractivity contribution in [1.82, 2.24) is 10.5 Å². The largest absolute Gasteiger partial charge is 0.371 e. The van der Waals surface area contributed by atoms with E-state index in [0.717, 1.165) is 30.5 Å². The van der Waals surface area contributed by atoms with Gasteiger partial charge < -0.3 is 15.9 Å². The van der Waals surface area contributed by atoms with E-state index in [-0.39, 0.29) is 17.7 Å². The Labute approximate surface area is 172 Å². The highest BCUT2D eigenvalue weighted by molar-refractivity contribution is 6.03. The van der Waals surface area contributed by atoms with Crippen LogP contribution in [0.25, 0.3) is 0 Å². The van der Waals surface area contributed by atoms with Crippen LogP contribution in [0.1, 0.15) is 28.0 Å². The van der Waals surface area contributed by atoms with E-state index in [0.29, 0.717) is 0 Å². The Morgan fingerprint density at radius 3 is 2.81 bits per heavy atom. The van der Waals surface area contributed by atoms with Crippen LogP contribution in [0, 0.1) is 28.9 Å². The highest BCUT2D eigenvalue weighted by atomic mass is 19.3. The number of amides is 1. The number of anilines is 1. The Balaban J connectivity index is 1.71. The molecule has 31 heavy (non-hydrogen) atoms. The lowest BCUT2D eigenvalue weighted by Gasteiger charge is -2.29. The Hall–Kier alpha value is -3.72. The van der Waals surface area contributed by atoms with E-state index in [9.17, 15) is 22.4 Å². The topological polar surface area (TPSA) is 125 Å². The van der Waals surface area contributed by atoms with Gasteiger partial charge in [-0.05, 0) is 30.7 Å². The second kappa shape index (κ2) is 7.51. The Kier molecular flexibility index (Phi) is 4.98. The second-order valence-corrected chi connectivity index (χ2v) is 7.06. The number of hydrogen-bond donors (Lipinski definition) is 3. The van der Waals surface area contributed by atoms with Gasteiger partial charge in [0.05, 0.1) is 5.56 Å². The van der Waals surface area contributed by atoms with Gasteiger partial charge in [-0.3, -0.25) is 4.79 Å². The predicted octanol–water partition coefficient (Wildman–Crippen LogP) is 2.18. The molecular formula is C19H14F4N6O2. The lowest BCUT2D eigenvalue weighted by atomic mass is 9.84. The zero-order valence-electron chi connectivity index (χ0n) is 15.6. The minimum atomic E-state index is -3.14. The summed E-state index contributed by atoms with van der Waals surface area (Å²) in [7, 11) is 0. The molecule has 1 amide bonds. The van der Waals surface area contributed by atoms with E-state index in [4.69, 9.17) is 15.8 Å². The Morgan fingerprint density at radius 1 is 1.35 bits per heavy atom. The van der Waals surface area contributed by atoms with Gasteiger partial charge in [0, 0.05) is 29.4 Å². The highest BCUT2D eigenvalue weighted by Crippen LogP contribution is 2.53. The number of nitriles is 1. The molecule has 0 spiro atoms. The number of amidine groups is 1. The fraction of sp³-hybridized carbons (Fsp3) is 0.263. The van der Waals surface area contributed by atoms with Crippen molar-refractivity contribution in [1.29, 1.82) is 5.26 Å². The summed E-state index contributed by atoms with van der Waals surface area (Å²) >= 11 is 0. The maximum Gasteiger partial charge on any atom is 0.303 e. The van der Waals surface area contributed by atoms with Gasteiger partial charge in [0.1, 0.15) is 11.9 Å². The number of nitrogens with two attached hydrogens (primary N) is 1. The van der Waals surface area contributed by atoms with Crippen LogP contribution < -0.4 is 16.5 Å². The molecule has 8 nitrogen and oxygen atoms in total. The number of aromatic nitrogens is 1. The summed E-state index contributed by atoms with van der Waals surface area (Å²) in [5, 5.41) is 11.0. The summed E-state index contributed by atoms with van der Waals surface area (Å²) in [6, 6.07) is 4.43. The van der Waals surface area contributed by atoms with Crippen molar-refractivity contribution in [3.63, 3.8) is 0 Å². The van der Waals surface area contributed by atoms with Gasteiger partial charge in [0.15, 0.2) is 17.1 Å². The van der Waals surface area contributed by atoms with Crippen LogP contribution in [-0.2, 0) is 10.4 Å². The van der Waals surface area contributed by atoms with Crippen LogP contribution in [0.15, 0.2) is 35.5 Å². The number of alkyl halides is 2. The number of hydrogen-bond acceptors (Lipinski definition) is 7. The normalized spacial score (nSPS) is 24.3.